The van der Waals surface area contributed by atoms with Gasteiger partial charge in [-0.2, -0.15) is 0 Å². The smallest absolute Gasteiger partial charge is 0.349 e. The van der Waals surface area contributed by atoms with Crippen molar-refractivity contribution in [2.45, 2.75) is 13.8 Å². The minimum absolute atomic E-state index is 0.0371. The van der Waals surface area contributed by atoms with E-state index in [2.05, 4.69) is 41.1 Å². The highest BCUT2D eigenvalue weighted by atomic mass is 32.1. The first kappa shape index (κ1) is 23.6. The third-order valence-corrected chi connectivity index (χ3v) is 8.12. The van der Waals surface area contributed by atoms with Crippen LogP contribution in [0.3, 0.4) is 0 Å². The van der Waals surface area contributed by atoms with Gasteiger partial charge in [0.1, 0.15) is 11.1 Å². The number of benzene rings is 3. The number of carbonyl (C=O) groups is 1. The summed E-state index contributed by atoms with van der Waals surface area (Å²) >= 11 is 1.76. The number of nitrogens with one attached hydrogen (secondary N) is 1. The van der Waals surface area contributed by atoms with Gasteiger partial charge in [-0.3, -0.25) is 9.69 Å². The maximum atomic E-state index is 12.9. The molecule has 1 amide bonds. The number of rotatable bonds is 5. The van der Waals surface area contributed by atoms with Crippen molar-refractivity contribution in [3.63, 3.8) is 0 Å². The van der Waals surface area contributed by atoms with Crippen molar-refractivity contribution in [2.24, 2.45) is 0 Å². The fraction of sp³-hybridized carbons (Fsp3) is 0.276. The van der Waals surface area contributed by atoms with E-state index in [-0.39, 0.29) is 5.56 Å². The monoisotopic (exact) mass is 512 g/mol. The summed E-state index contributed by atoms with van der Waals surface area (Å²) in [7, 11) is 0. The average molecular weight is 513 g/mol. The third-order valence-electron chi connectivity index (χ3n) is 7.06. The summed E-state index contributed by atoms with van der Waals surface area (Å²) in [5.41, 5.74) is 3.49. The molecule has 1 N–H and O–H groups in total. The molecule has 8 heteroatoms. The van der Waals surface area contributed by atoms with Crippen LogP contribution in [0.25, 0.3) is 32.0 Å². The van der Waals surface area contributed by atoms with Crippen molar-refractivity contribution in [1.82, 2.24) is 15.2 Å². The van der Waals surface area contributed by atoms with E-state index in [0.29, 0.717) is 12.1 Å². The lowest BCUT2D eigenvalue weighted by atomic mass is 10.0. The zero-order chi connectivity index (χ0) is 25.5. The van der Waals surface area contributed by atoms with E-state index < -0.39 is 11.5 Å². The Hall–Kier alpha value is -3.75. The van der Waals surface area contributed by atoms with Crippen LogP contribution >= 0.6 is 11.3 Å². The van der Waals surface area contributed by atoms with Crippen LogP contribution in [0.2, 0.25) is 0 Å². The minimum atomic E-state index is -0.616. The molecule has 188 valence electrons. The number of amides is 1. The second-order valence-electron chi connectivity index (χ2n) is 9.66. The molecule has 1 aliphatic rings. The number of hydrogen-bond acceptors (Lipinski definition) is 7. The molecule has 1 saturated heterocycles. The molecule has 0 atom stereocenters. The van der Waals surface area contributed by atoms with E-state index >= 15 is 0 Å². The van der Waals surface area contributed by atoms with Gasteiger partial charge < -0.3 is 14.6 Å². The molecule has 3 aromatic carbocycles. The normalized spacial score (nSPS) is 14.6. The highest BCUT2D eigenvalue weighted by Gasteiger charge is 2.21. The number of nitrogens with zero attached hydrogens (tertiary/aromatic N) is 3. The summed E-state index contributed by atoms with van der Waals surface area (Å²) in [6.07, 6.45) is 0. The van der Waals surface area contributed by atoms with E-state index in [1.165, 1.54) is 15.8 Å². The second-order valence-corrected chi connectivity index (χ2v) is 10.7. The number of aryl methyl sites for hydroxylation is 2. The van der Waals surface area contributed by atoms with Crippen molar-refractivity contribution in [2.75, 3.05) is 44.2 Å². The lowest BCUT2D eigenvalue weighted by Crippen LogP contribution is -2.48. The van der Waals surface area contributed by atoms with Gasteiger partial charge in [-0.25, -0.2) is 9.78 Å². The van der Waals surface area contributed by atoms with Crippen LogP contribution in [-0.2, 0) is 0 Å². The Labute approximate surface area is 218 Å². The Bertz CT molecular complexity index is 1700. The fourth-order valence-corrected chi connectivity index (χ4v) is 6.30. The molecule has 2 aromatic heterocycles. The largest absolute Gasteiger partial charge is 0.422 e. The van der Waals surface area contributed by atoms with E-state index in [9.17, 15) is 9.59 Å². The molecule has 0 radical (unpaired) electrons. The quantitative estimate of drug-likeness (QED) is 0.271. The Morgan fingerprint density at radius 3 is 2.68 bits per heavy atom. The average Bonchev–Trinajstić information content (AvgIpc) is 3.33. The molecular formula is C29H28N4O3S. The SMILES string of the molecule is Cc1cc(C)c2nc(N3CCN(CCNC(=O)c4cc5c(ccc6ccccc65)oc4=O)CC3)sc2c1. The first-order chi connectivity index (χ1) is 18.0. The van der Waals surface area contributed by atoms with Gasteiger partial charge in [0.25, 0.3) is 5.91 Å². The van der Waals surface area contributed by atoms with Crippen molar-refractivity contribution in [3.8, 4) is 0 Å². The van der Waals surface area contributed by atoms with Crippen LogP contribution in [0, 0.1) is 13.8 Å². The zero-order valence-electron chi connectivity index (χ0n) is 20.9. The topological polar surface area (TPSA) is 78.7 Å². The lowest BCUT2D eigenvalue weighted by Gasteiger charge is -2.34. The Balaban J connectivity index is 1.07. The van der Waals surface area contributed by atoms with Crippen molar-refractivity contribution < 1.29 is 9.21 Å². The fourth-order valence-electron chi connectivity index (χ4n) is 5.11. The molecule has 6 rings (SSSR count). The zero-order valence-corrected chi connectivity index (χ0v) is 21.7. The number of hydrogen-bond donors (Lipinski definition) is 1. The van der Waals surface area contributed by atoms with Gasteiger partial charge in [-0.15, -0.1) is 0 Å². The molecule has 3 heterocycles. The molecular weight excluding hydrogens is 484 g/mol. The van der Waals surface area contributed by atoms with E-state index in [0.717, 1.165) is 59.5 Å². The maximum Gasteiger partial charge on any atom is 0.349 e. The molecule has 0 saturated carbocycles. The summed E-state index contributed by atoms with van der Waals surface area (Å²) in [6, 6.07) is 17.6. The highest BCUT2D eigenvalue weighted by molar-refractivity contribution is 7.22. The second kappa shape index (κ2) is 9.61. The van der Waals surface area contributed by atoms with Gasteiger partial charge in [-0.1, -0.05) is 47.7 Å². The summed E-state index contributed by atoms with van der Waals surface area (Å²) in [5.74, 6) is -0.401. The summed E-state index contributed by atoms with van der Waals surface area (Å²) in [5, 5.41) is 6.73. The maximum absolute atomic E-state index is 12.9. The van der Waals surface area contributed by atoms with Crippen LogP contribution < -0.4 is 15.8 Å². The van der Waals surface area contributed by atoms with Crippen LogP contribution in [0.1, 0.15) is 21.5 Å². The predicted octanol–water partition coefficient (Wildman–Crippen LogP) is 4.72. The molecule has 37 heavy (non-hydrogen) atoms. The van der Waals surface area contributed by atoms with Crippen LogP contribution in [0.5, 0.6) is 0 Å². The van der Waals surface area contributed by atoms with Gasteiger partial charge >= 0.3 is 5.63 Å². The van der Waals surface area contributed by atoms with Gasteiger partial charge in [-0.05, 0) is 53.9 Å². The molecule has 1 fully saturated rings. The Kier molecular flexibility index (Phi) is 6.14. The summed E-state index contributed by atoms with van der Waals surface area (Å²) in [6.45, 7) is 9.01. The van der Waals surface area contributed by atoms with Gasteiger partial charge in [0.2, 0.25) is 0 Å². The third kappa shape index (κ3) is 4.58. The molecule has 0 bridgehead atoms. The van der Waals surface area contributed by atoms with Crippen molar-refractivity contribution in [3.05, 3.63) is 81.7 Å². The van der Waals surface area contributed by atoms with Gasteiger partial charge in [0.15, 0.2) is 5.13 Å². The molecule has 7 nitrogen and oxygen atoms in total. The number of piperazine rings is 1. The number of aromatic nitrogens is 1. The molecule has 0 aliphatic carbocycles. The number of carbonyl (C=O) groups excluding carboxylic acids is 1. The Morgan fingerprint density at radius 2 is 1.84 bits per heavy atom. The first-order valence-corrected chi connectivity index (χ1v) is 13.4. The number of anilines is 1. The standard InChI is InChI=1S/C29H28N4O3S/c1-18-15-19(2)26-25(16-18)37-29(31-26)33-13-11-32(12-14-33)10-9-30-27(34)23-17-22-21-6-4-3-5-20(21)7-8-24(22)36-28(23)35/h3-8,15-17H,9-14H2,1-2H3,(H,30,34). The van der Waals surface area contributed by atoms with Gasteiger partial charge in [0.05, 0.1) is 10.2 Å². The number of thiazole rings is 1. The summed E-state index contributed by atoms with van der Waals surface area (Å²) in [4.78, 5) is 34.9. The molecule has 0 unspecified atom stereocenters. The molecule has 5 aromatic rings. The summed E-state index contributed by atoms with van der Waals surface area (Å²) < 4.78 is 6.71. The van der Waals surface area contributed by atoms with Crippen molar-refractivity contribution in [1.29, 1.82) is 0 Å². The highest BCUT2D eigenvalue weighted by Crippen LogP contribution is 2.32. The molecule has 0 spiro atoms. The lowest BCUT2D eigenvalue weighted by molar-refractivity contribution is 0.0944. The van der Waals surface area contributed by atoms with E-state index in [1.54, 1.807) is 23.5 Å². The van der Waals surface area contributed by atoms with Crippen LogP contribution in [-0.4, -0.2) is 55.1 Å². The van der Waals surface area contributed by atoms with Crippen molar-refractivity contribution >= 4 is 54.3 Å². The minimum Gasteiger partial charge on any atom is -0.422 e. The predicted molar refractivity (Wildman–Crippen MR) is 150 cm³/mol. The first-order valence-electron chi connectivity index (χ1n) is 12.6. The Morgan fingerprint density at radius 1 is 1.03 bits per heavy atom. The van der Waals surface area contributed by atoms with Crippen LogP contribution in [0.4, 0.5) is 5.13 Å². The van der Waals surface area contributed by atoms with Crippen LogP contribution in [0.15, 0.2) is 63.8 Å². The van der Waals surface area contributed by atoms with E-state index in [1.807, 2.05) is 30.3 Å². The van der Waals surface area contributed by atoms with E-state index in [4.69, 9.17) is 9.40 Å². The number of fused-ring (bicyclic) bond motifs is 4. The van der Waals surface area contributed by atoms with Gasteiger partial charge in [0, 0.05) is 44.7 Å². The molecule has 1 aliphatic heterocycles.